The normalized spacial score (nSPS) is 15.8. The van der Waals surface area contributed by atoms with Gasteiger partial charge in [-0.1, -0.05) is 68.1 Å². The summed E-state index contributed by atoms with van der Waals surface area (Å²) in [5.74, 6) is 0.291. The first-order valence-electron chi connectivity index (χ1n) is 12.0. The lowest BCUT2D eigenvalue weighted by Crippen LogP contribution is -2.34. The highest BCUT2D eigenvalue weighted by Crippen LogP contribution is 2.40. The van der Waals surface area contributed by atoms with Crippen molar-refractivity contribution in [1.29, 1.82) is 0 Å². The van der Waals surface area contributed by atoms with Gasteiger partial charge in [0.05, 0.1) is 5.92 Å². The molecule has 1 heterocycles. The molecule has 164 valence electrons. The van der Waals surface area contributed by atoms with Gasteiger partial charge in [-0.2, -0.15) is 0 Å². The number of carbonyl (C=O) groups is 1. The van der Waals surface area contributed by atoms with Crippen LogP contribution >= 0.6 is 0 Å². The van der Waals surface area contributed by atoms with Gasteiger partial charge in [-0.3, -0.25) is 4.79 Å². The highest BCUT2D eigenvalue weighted by molar-refractivity contribution is 5.94. The topological polar surface area (TPSA) is 25.2 Å². The number of unbranched alkanes of at least 4 members (excludes halogenated alkanes) is 3. The zero-order chi connectivity index (χ0) is 21.8. The molecule has 31 heavy (non-hydrogen) atoms. The second-order valence-corrected chi connectivity index (χ2v) is 9.22. The molecule has 4 rings (SSSR count). The number of fused-ring (bicyclic) bond motifs is 3. The first kappa shape index (κ1) is 21.7. The number of aromatic nitrogens is 1. The Hall–Kier alpha value is -2.55. The smallest absolute Gasteiger partial charge is 0.229 e. The summed E-state index contributed by atoms with van der Waals surface area (Å²) in [5, 5.41) is 1.28. The Morgan fingerprint density at radius 2 is 1.90 bits per heavy atom. The largest absolute Gasteiger partial charge is 0.345 e. The van der Waals surface area contributed by atoms with Crippen LogP contribution in [0.4, 0.5) is 0 Å². The van der Waals surface area contributed by atoms with Crippen LogP contribution in [0.5, 0.6) is 0 Å². The average molecular weight is 417 g/mol. The number of likely N-dealkylation sites (N-methyl/N-ethyl adjacent to an activating group) is 1. The Morgan fingerprint density at radius 1 is 1.10 bits per heavy atom. The molecule has 0 saturated heterocycles. The molecule has 0 saturated carbocycles. The molecule has 1 aliphatic rings. The number of aryl methyl sites for hydroxylation is 1. The zero-order valence-electron chi connectivity index (χ0n) is 19.4. The second-order valence-electron chi connectivity index (χ2n) is 9.22. The molecule has 0 aliphatic heterocycles. The van der Waals surface area contributed by atoms with Crippen molar-refractivity contribution in [2.24, 2.45) is 0 Å². The number of hydrogen-bond acceptors (Lipinski definition) is 1. The number of benzene rings is 2. The molecule has 0 radical (unpaired) electrons. The predicted octanol–water partition coefficient (Wildman–Crippen LogP) is 6.46. The van der Waals surface area contributed by atoms with Gasteiger partial charge in [0.25, 0.3) is 0 Å². The Morgan fingerprint density at radius 3 is 2.68 bits per heavy atom. The van der Waals surface area contributed by atoms with Gasteiger partial charge in [-0.15, -0.1) is 0 Å². The average Bonchev–Trinajstić information content (AvgIpc) is 3.09. The van der Waals surface area contributed by atoms with E-state index in [-0.39, 0.29) is 5.92 Å². The molecule has 0 fully saturated rings. The van der Waals surface area contributed by atoms with E-state index in [0.717, 1.165) is 38.8 Å². The Labute approximate surface area is 187 Å². The third kappa shape index (κ3) is 4.56. The summed E-state index contributed by atoms with van der Waals surface area (Å²) >= 11 is 0. The van der Waals surface area contributed by atoms with Crippen molar-refractivity contribution in [3.63, 3.8) is 0 Å². The number of nitrogens with zero attached hydrogens (tertiary/aromatic N) is 2. The van der Waals surface area contributed by atoms with Gasteiger partial charge >= 0.3 is 0 Å². The fraction of sp³-hybridized carbons (Fsp3) is 0.464. The van der Waals surface area contributed by atoms with Crippen molar-refractivity contribution >= 4 is 16.8 Å². The summed E-state index contributed by atoms with van der Waals surface area (Å²) in [4.78, 5) is 15.5. The van der Waals surface area contributed by atoms with Gasteiger partial charge < -0.3 is 9.47 Å². The van der Waals surface area contributed by atoms with E-state index in [9.17, 15) is 4.79 Å². The van der Waals surface area contributed by atoms with E-state index in [4.69, 9.17) is 0 Å². The summed E-state index contributed by atoms with van der Waals surface area (Å²) in [7, 11) is 2.00. The molecule has 1 aromatic heterocycles. The first-order valence-corrected chi connectivity index (χ1v) is 12.0. The molecule has 2 aromatic carbocycles. The minimum Gasteiger partial charge on any atom is -0.345 e. The lowest BCUT2D eigenvalue weighted by molar-refractivity contribution is -0.131. The molecule has 0 spiro atoms. The molecule has 3 nitrogen and oxygen atoms in total. The van der Waals surface area contributed by atoms with Crippen molar-refractivity contribution in [2.45, 2.75) is 71.3 Å². The maximum Gasteiger partial charge on any atom is 0.229 e. The SMILES string of the molecule is CCCCCCN(C)C(=O)C1CCCc2c1c1cc(C)ccc1n2Cc1ccccc1. The number of amides is 1. The van der Waals surface area contributed by atoms with Crippen LogP contribution in [0.1, 0.15) is 73.8 Å². The lowest BCUT2D eigenvalue weighted by atomic mass is 9.84. The quantitative estimate of drug-likeness (QED) is 0.387. The van der Waals surface area contributed by atoms with Crippen molar-refractivity contribution in [2.75, 3.05) is 13.6 Å². The van der Waals surface area contributed by atoms with E-state index in [1.54, 1.807) is 0 Å². The Bertz CT molecular complexity index is 1030. The van der Waals surface area contributed by atoms with Gasteiger partial charge in [0.2, 0.25) is 5.91 Å². The van der Waals surface area contributed by atoms with Gasteiger partial charge in [-0.25, -0.2) is 0 Å². The minimum absolute atomic E-state index is 0.0127. The number of rotatable bonds is 8. The van der Waals surface area contributed by atoms with Crippen LogP contribution in [0, 0.1) is 6.92 Å². The monoisotopic (exact) mass is 416 g/mol. The molecular weight excluding hydrogens is 380 g/mol. The van der Waals surface area contributed by atoms with Crippen LogP contribution in [-0.2, 0) is 17.8 Å². The van der Waals surface area contributed by atoms with Crippen LogP contribution in [0.2, 0.25) is 0 Å². The minimum atomic E-state index is -0.0127. The van der Waals surface area contributed by atoms with Gasteiger partial charge in [-0.05, 0) is 55.9 Å². The van der Waals surface area contributed by atoms with Crippen molar-refractivity contribution in [1.82, 2.24) is 9.47 Å². The molecule has 1 aliphatic carbocycles. The summed E-state index contributed by atoms with van der Waals surface area (Å²) in [6.45, 7) is 6.11. The van der Waals surface area contributed by atoms with E-state index < -0.39 is 0 Å². The van der Waals surface area contributed by atoms with Gasteiger partial charge in [0.1, 0.15) is 0 Å². The van der Waals surface area contributed by atoms with Gasteiger partial charge in [0.15, 0.2) is 0 Å². The Kier molecular flexibility index (Phi) is 6.80. The van der Waals surface area contributed by atoms with Crippen molar-refractivity contribution < 1.29 is 4.79 Å². The zero-order valence-corrected chi connectivity index (χ0v) is 19.4. The molecule has 3 heteroatoms. The second kappa shape index (κ2) is 9.72. The fourth-order valence-electron chi connectivity index (χ4n) is 5.17. The summed E-state index contributed by atoms with van der Waals surface area (Å²) in [6.07, 6.45) is 7.89. The molecule has 1 amide bonds. The summed E-state index contributed by atoms with van der Waals surface area (Å²) in [6, 6.07) is 17.4. The van der Waals surface area contributed by atoms with Crippen LogP contribution in [-0.4, -0.2) is 29.0 Å². The molecular formula is C28H36N2O. The van der Waals surface area contributed by atoms with Crippen molar-refractivity contribution in [3.05, 3.63) is 70.9 Å². The van der Waals surface area contributed by atoms with Crippen LogP contribution < -0.4 is 0 Å². The summed E-state index contributed by atoms with van der Waals surface area (Å²) < 4.78 is 2.47. The highest BCUT2D eigenvalue weighted by Gasteiger charge is 2.33. The Balaban J connectivity index is 1.70. The third-order valence-corrected chi connectivity index (χ3v) is 6.83. The molecule has 0 N–H and O–H groups in total. The van der Waals surface area contributed by atoms with E-state index >= 15 is 0 Å². The van der Waals surface area contributed by atoms with Crippen LogP contribution in [0.25, 0.3) is 10.9 Å². The standard InChI is InChI=1S/C28H36N2O/c1-4-5-6-10-18-29(3)28(31)23-14-11-15-26-27(23)24-19-21(2)16-17-25(24)30(26)20-22-12-8-7-9-13-22/h7-9,12-13,16-17,19,23H,4-6,10-11,14-15,18,20H2,1-3H3. The lowest BCUT2D eigenvalue weighted by Gasteiger charge is -2.28. The van der Waals surface area contributed by atoms with E-state index in [0.29, 0.717) is 5.91 Å². The molecule has 1 unspecified atom stereocenters. The number of carbonyl (C=O) groups excluding carboxylic acids is 1. The molecule has 3 aromatic rings. The van der Waals surface area contributed by atoms with E-state index in [1.165, 1.54) is 52.5 Å². The van der Waals surface area contributed by atoms with Gasteiger partial charge in [0, 0.05) is 36.7 Å². The predicted molar refractivity (Wildman–Crippen MR) is 130 cm³/mol. The van der Waals surface area contributed by atoms with Crippen LogP contribution in [0.15, 0.2) is 48.5 Å². The highest BCUT2D eigenvalue weighted by atomic mass is 16.2. The molecule has 1 atom stereocenters. The van der Waals surface area contributed by atoms with E-state index in [2.05, 4.69) is 66.9 Å². The molecule has 0 bridgehead atoms. The number of hydrogen-bond donors (Lipinski definition) is 0. The third-order valence-electron chi connectivity index (χ3n) is 6.83. The maximum atomic E-state index is 13.5. The fourth-order valence-corrected chi connectivity index (χ4v) is 5.17. The van der Waals surface area contributed by atoms with E-state index in [1.807, 2.05) is 11.9 Å². The first-order chi connectivity index (χ1) is 15.1. The van der Waals surface area contributed by atoms with Crippen molar-refractivity contribution in [3.8, 4) is 0 Å². The van der Waals surface area contributed by atoms with Crippen LogP contribution in [0.3, 0.4) is 0 Å². The summed E-state index contributed by atoms with van der Waals surface area (Å²) in [5.41, 5.74) is 6.51. The maximum absolute atomic E-state index is 13.5.